The van der Waals surface area contributed by atoms with Crippen molar-refractivity contribution in [3.63, 3.8) is 0 Å². The van der Waals surface area contributed by atoms with Crippen molar-refractivity contribution in [3.8, 4) is 5.88 Å². The van der Waals surface area contributed by atoms with Gasteiger partial charge in [0.1, 0.15) is 5.82 Å². The average molecular weight is 226 g/mol. The molecule has 1 rings (SSSR count). The first-order valence-electron chi connectivity index (χ1n) is 5.69. The molecule has 16 heavy (non-hydrogen) atoms. The summed E-state index contributed by atoms with van der Waals surface area (Å²) in [5, 5.41) is 2.97. The second-order valence-corrected chi connectivity index (χ2v) is 3.70. The van der Waals surface area contributed by atoms with Crippen LogP contribution in [0.3, 0.4) is 0 Å². The molecule has 0 aromatic carbocycles. The number of nitrogens with zero attached hydrogens (tertiary/aromatic N) is 1. The predicted molar refractivity (Wildman–Crippen MR) is 62.0 cm³/mol. The molecule has 0 bridgehead atoms. The SMILES string of the molecule is CCCCCOc1ncc(F)cc1CNC. The number of unbranched alkanes of at least 4 members (excludes halogenated alkanes) is 2. The van der Waals surface area contributed by atoms with Crippen LogP contribution in [0.2, 0.25) is 0 Å². The first-order valence-corrected chi connectivity index (χ1v) is 5.69. The van der Waals surface area contributed by atoms with Crippen LogP contribution in [-0.4, -0.2) is 18.6 Å². The Morgan fingerprint density at radius 1 is 1.44 bits per heavy atom. The lowest BCUT2D eigenvalue weighted by atomic mass is 10.2. The summed E-state index contributed by atoms with van der Waals surface area (Å²) in [7, 11) is 1.81. The summed E-state index contributed by atoms with van der Waals surface area (Å²) in [4.78, 5) is 3.96. The molecule has 90 valence electrons. The third-order valence-electron chi connectivity index (χ3n) is 2.25. The Morgan fingerprint density at radius 3 is 2.94 bits per heavy atom. The smallest absolute Gasteiger partial charge is 0.218 e. The van der Waals surface area contributed by atoms with Crippen molar-refractivity contribution in [3.05, 3.63) is 23.6 Å². The Hall–Kier alpha value is -1.16. The molecule has 0 fully saturated rings. The minimum atomic E-state index is -0.328. The van der Waals surface area contributed by atoms with Gasteiger partial charge in [-0.1, -0.05) is 19.8 Å². The third kappa shape index (κ3) is 4.14. The fraction of sp³-hybridized carbons (Fsp3) is 0.583. The number of pyridine rings is 1. The molecule has 1 heterocycles. The van der Waals surface area contributed by atoms with Crippen LogP contribution >= 0.6 is 0 Å². The van der Waals surface area contributed by atoms with Crippen molar-refractivity contribution in [2.75, 3.05) is 13.7 Å². The van der Waals surface area contributed by atoms with Gasteiger partial charge >= 0.3 is 0 Å². The first kappa shape index (κ1) is 12.9. The second-order valence-electron chi connectivity index (χ2n) is 3.70. The van der Waals surface area contributed by atoms with E-state index >= 15 is 0 Å². The quantitative estimate of drug-likeness (QED) is 0.725. The van der Waals surface area contributed by atoms with Gasteiger partial charge in [-0.3, -0.25) is 0 Å². The van der Waals surface area contributed by atoms with E-state index in [9.17, 15) is 4.39 Å². The summed E-state index contributed by atoms with van der Waals surface area (Å²) in [6, 6.07) is 1.46. The molecule has 0 aliphatic rings. The Balaban J connectivity index is 2.56. The lowest BCUT2D eigenvalue weighted by molar-refractivity contribution is 0.290. The van der Waals surface area contributed by atoms with Crippen LogP contribution in [0.5, 0.6) is 5.88 Å². The first-order chi connectivity index (χ1) is 7.77. The van der Waals surface area contributed by atoms with E-state index < -0.39 is 0 Å². The molecular formula is C12H19FN2O. The van der Waals surface area contributed by atoms with Gasteiger partial charge in [0.05, 0.1) is 12.8 Å². The van der Waals surface area contributed by atoms with Crippen LogP contribution in [0, 0.1) is 5.82 Å². The maximum absolute atomic E-state index is 13.0. The van der Waals surface area contributed by atoms with E-state index in [0.717, 1.165) is 24.8 Å². The molecule has 0 aliphatic carbocycles. The number of aromatic nitrogens is 1. The summed E-state index contributed by atoms with van der Waals surface area (Å²) in [5.41, 5.74) is 0.763. The number of hydrogen-bond acceptors (Lipinski definition) is 3. The molecule has 0 saturated heterocycles. The summed E-state index contributed by atoms with van der Waals surface area (Å²) in [6.07, 6.45) is 4.50. The van der Waals surface area contributed by atoms with Gasteiger partial charge in [0.2, 0.25) is 5.88 Å². The van der Waals surface area contributed by atoms with Gasteiger partial charge in [-0.05, 0) is 19.5 Å². The van der Waals surface area contributed by atoms with Crippen molar-refractivity contribution in [1.82, 2.24) is 10.3 Å². The molecule has 0 unspecified atom stereocenters. The number of ether oxygens (including phenoxy) is 1. The highest BCUT2D eigenvalue weighted by molar-refractivity contribution is 5.25. The average Bonchev–Trinajstić information content (AvgIpc) is 2.27. The van der Waals surface area contributed by atoms with Crippen molar-refractivity contribution in [2.45, 2.75) is 32.7 Å². The van der Waals surface area contributed by atoms with E-state index in [0.29, 0.717) is 19.0 Å². The Morgan fingerprint density at radius 2 is 2.25 bits per heavy atom. The standard InChI is InChI=1S/C12H19FN2O/c1-3-4-5-6-16-12-10(8-14-2)7-11(13)9-15-12/h7,9,14H,3-6,8H2,1-2H3. The molecule has 1 aromatic rings. The van der Waals surface area contributed by atoms with E-state index in [1.807, 2.05) is 7.05 Å². The summed E-state index contributed by atoms with van der Waals surface area (Å²) in [6.45, 7) is 3.35. The maximum Gasteiger partial charge on any atom is 0.218 e. The van der Waals surface area contributed by atoms with Crippen molar-refractivity contribution < 1.29 is 9.13 Å². The molecule has 1 aromatic heterocycles. The number of halogens is 1. The molecule has 0 saturated carbocycles. The summed E-state index contributed by atoms with van der Waals surface area (Å²) < 4.78 is 18.5. The Bertz CT molecular complexity index is 318. The van der Waals surface area contributed by atoms with Crippen LogP contribution in [-0.2, 0) is 6.54 Å². The van der Waals surface area contributed by atoms with Crippen molar-refractivity contribution in [2.24, 2.45) is 0 Å². The van der Waals surface area contributed by atoms with Gasteiger partial charge < -0.3 is 10.1 Å². The fourth-order valence-corrected chi connectivity index (χ4v) is 1.44. The number of rotatable bonds is 7. The van der Waals surface area contributed by atoms with E-state index in [-0.39, 0.29) is 5.82 Å². The minimum Gasteiger partial charge on any atom is -0.477 e. The van der Waals surface area contributed by atoms with Crippen LogP contribution in [0.15, 0.2) is 12.3 Å². The molecule has 1 N–H and O–H groups in total. The molecule has 0 radical (unpaired) electrons. The number of hydrogen-bond donors (Lipinski definition) is 1. The van der Waals surface area contributed by atoms with Crippen LogP contribution < -0.4 is 10.1 Å². The van der Waals surface area contributed by atoms with Crippen LogP contribution in [0.1, 0.15) is 31.7 Å². The van der Waals surface area contributed by atoms with Gasteiger partial charge in [-0.15, -0.1) is 0 Å². The highest BCUT2D eigenvalue weighted by atomic mass is 19.1. The van der Waals surface area contributed by atoms with E-state index in [1.165, 1.54) is 12.3 Å². The monoisotopic (exact) mass is 226 g/mol. The fourth-order valence-electron chi connectivity index (χ4n) is 1.44. The zero-order valence-corrected chi connectivity index (χ0v) is 9.92. The topological polar surface area (TPSA) is 34.1 Å². The Labute approximate surface area is 96.0 Å². The molecule has 4 heteroatoms. The van der Waals surface area contributed by atoms with Gasteiger partial charge in [-0.2, -0.15) is 0 Å². The zero-order chi connectivity index (χ0) is 11.8. The molecule has 0 amide bonds. The predicted octanol–water partition coefficient (Wildman–Crippen LogP) is 2.51. The van der Waals surface area contributed by atoms with Gasteiger partial charge in [0, 0.05) is 12.1 Å². The minimum absolute atomic E-state index is 0.328. The number of nitrogens with one attached hydrogen (secondary N) is 1. The normalized spacial score (nSPS) is 10.4. The lowest BCUT2D eigenvalue weighted by Crippen LogP contribution is -2.09. The lowest BCUT2D eigenvalue weighted by Gasteiger charge is -2.09. The van der Waals surface area contributed by atoms with E-state index in [1.54, 1.807) is 0 Å². The van der Waals surface area contributed by atoms with Gasteiger partial charge in [-0.25, -0.2) is 9.37 Å². The van der Waals surface area contributed by atoms with Gasteiger partial charge in [0.25, 0.3) is 0 Å². The molecule has 0 spiro atoms. The molecule has 3 nitrogen and oxygen atoms in total. The third-order valence-corrected chi connectivity index (χ3v) is 2.25. The highest BCUT2D eigenvalue weighted by Gasteiger charge is 2.06. The molecule has 0 aliphatic heterocycles. The van der Waals surface area contributed by atoms with Crippen molar-refractivity contribution in [1.29, 1.82) is 0 Å². The van der Waals surface area contributed by atoms with E-state index in [4.69, 9.17) is 4.74 Å². The van der Waals surface area contributed by atoms with Gasteiger partial charge in [0.15, 0.2) is 0 Å². The van der Waals surface area contributed by atoms with Crippen LogP contribution in [0.4, 0.5) is 4.39 Å². The molecular weight excluding hydrogens is 207 g/mol. The molecule has 0 atom stereocenters. The van der Waals surface area contributed by atoms with Crippen molar-refractivity contribution >= 4 is 0 Å². The summed E-state index contributed by atoms with van der Waals surface area (Å²) in [5.74, 6) is 0.206. The largest absolute Gasteiger partial charge is 0.477 e. The van der Waals surface area contributed by atoms with E-state index in [2.05, 4.69) is 17.2 Å². The highest BCUT2D eigenvalue weighted by Crippen LogP contribution is 2.16. The summed E-state index contributed by atoms with van der Waals surface area (Å²) >= 11 is 0. The zero-order valence-electron chi connectivity index (χ0n) is 9.92. The Kier molecular flexibility index (Phi) is 5.78. The second kappa shape index (κ2) is 7.17. The van der Waals surface area contributed by atoms with Crippen LogP contribution in [0.25, 0.3) is 0 Å². The maximum atomic E-state index is 13.0.